The molecule has 1 rings (SSSR count). The Labute approximate surface area is 63.3 Å². The highest BCUT2D eigenvalue weighted by molar-refractivity contribution is 5.27. The number of aliphatic hydroxyl groups excluding tert-OH is 1. The van der Waals surface area contributed by atoms with Gasteiger partial charge in [0.15, 0.2) is 0 Å². The van der Waals surface area contributed by atoms with E-state index in [1.165, 1.54) is 18.2 Å². The second kappa shape index (κ2) is 3.44. The summed E-state index contributed by atoms with van der Waals surface area (Å²) in [6.45, 7) is -1.19. The SMILES string of the molecule is OCc1cccc(F)c1CF. The average molecular weight is 158 g/mol. The number of alkyl halides is 1. The van der Waals surface area contributed by atoms with E-state index < -0.39 is 12.5 Å². The van der Waals surface area contributed by atoms with Crippen LogP contribution in [0.15, 0.2) is 18.2 Å². The molecule has 0 fully saturated rings. The van der Waals surface area contributed by atoms with Gasteiger partial charge in [-0.3, -0.25) is 0 Å². The normalized spacial score (nSPS) is 10.1. The Balaban J connectivity index is 3.13. The number of hydrogen-bond donors (Lipinski definition) is 1. The van der Waals surface area contributed by atoms with Gasteiger partial charge < -0.3 is 5.11 Å². The van der Waals surface area contributed by atoms with Gasteiger partial charge in [-0.25, -0.2) is 8.78 Å². The van der Waals surface area contributed by atoms with Crippen LogP contribution in [-0.2, 0) is 13.3 Å². The molecule has 1 aromatic rings. The molecule has 0 aromatic heterocycles. The summed E-state index contributed by atoms with van der Waals surface area (Å²) in [6, 6.07) is 4.12. The molecule has 0 atom stereocenters. The molecule has 3 heteroatoms. The van der Waals surface area contributed by atoms with Crippen LogP contribution in [0.1, 0.15) is 11.1 Å². The smallest absolute Gasteiger partial charge is 0.129 e. The molecule has 0 radical (unpaired) electrons. The number of halogens is 2. The Morgan fingerprint density at radius 2 is 2.09 bits per heavy atom. The van der Waals surface area contributed by atoms with Crippen molar-refractivity contribution in [2.45, 2.75) is 13.3 Å². The summed E-state index contributed by atoms with van der Waals surface area (Å²) in [5, 5.41) is 8.64. The summed E-state index contributed by atoms with van der Waals surface area (Å²) in [6.07, 6.45) is 0. The van der Waals surface area contributed by atoms with Gasteiger partial charge in [-0.2, -0.15) is 0 Å². The van der Waals surface area contributed by atoms with Crippen LogP contribution in [0.3, 0.4) is 0 Å². The van der Waals surface area contributed by atoms with Gasteiger partial charge in [0.25, 0.3) is 0 Å². The molecule has 0 saturated carbocycles. The highest BCUT2D eigenvalue weighted by atomic mass is 19.1. The highest BCUT2D eigenvalue weighted by Crippen LogP contribution is 2.14. The molecule has 11 heavy (non-hydrogen) atoms. The maximum absolute atomic E-state index is 12.7. The van der Waals surface area contributed by atoms with Gasteiger partial charge >= 0.3 is 0 Å². The van der Waals surface area contributed by atoms with Crippen molar-refractivity contribution in [1.82, 2.24) is 0 Å². The second-order valence-electron chi connectivity index (χ2n) is 2.17. The first-order valence-corrected chi connectivity index (χ1v) is 3.22. The van der Waals surface area contributed by atoms with Gasteiger partial charge in [0.05, 0.1) is 6.61 Å². The van der Waals surface area contributed by atoms with Gasteiger partial charge in [0.2, 0.25) is 0 Å². The van der Waals surface area contributed by atoms with Gasteiger partial charge in [-0.15, -0.1) is 0 Å². The van der Waals surface area contributed by atoms with Crippen LogP contribution in [-0.4, -0.2) is 5.11 Å². The molecule has 0 unspecified atom stereocenters. The fourth-order valence-corrected chi connectivity index (χ4v) is 0.901. The zero-order chi connectivity index (χ0) is 8.27. The van der Waals surface area contributed by atoms with Crippen LogP contribution in [0.2, 0.25) is 0 Å². The summed E-state index contributed by atoms with van der Waals surface area (Å²) in [5.41, 5.74) is 0.266. The topological polar surface area (TPSA) is 20.2 Å². The number of benzene rings is 1. The Kier molecular flexibility index (Phi) is 2.54. The van der Waals surface area contributed by atoms with E-state index in [2.05, 4.69) is 0 Å². The van der Waals surface area contributed by atoms with Crippen molar-refractivity contribution in [2.75, 3.05) is 0 Å². The van der Waals surface area contributed by atoms with Crippen LogP contribution < -0.4 is 0 Å². The van der Waals surface area contributed by atoms with Crippen LogP contribution in [0.4, 0.5) is 8.78 Å². The summed E-state index contributed by atoms with van der Waals surface area (Å²) in [4.78, 5) is 0. The molecule has 0 bridgehead atoms. The van der Waals surface area contributed by atoms with Crippen molar-refractivity contribution in [3.05, 3.63) is 35.1 Å². The lowest BCUT2D eigenvalue weighted by Crippen LogP contribution is -1.94. The van der Waals surface area contributed by atoms with Crippen molar-refractivity contribution in [2.24, 2.45) is 0 Å². The molecule has 0 aliphatic rings. The molecular weight excluding hydrogens is 150 g/mol. The molecule has 0 aliphatic carbocycles. The predicted molar refractivity (Wildman–Crippen MR) is 37.1 cm³/mol. The van der Waals surface area contributed by atoms with Gasteiger partial charge in [-0.05, 0) is 11.6 Å². The summed E-state index contributed by atoms with van der Waals surface area (Å²) in [5.74, 6) is -0.598. The Morgan fingerprint density at radius 1 is 1.36 bits per heavy atom. The lowest BCUT2D eigenvalue weighted by molar-refractivity contribution is 0.277. The van der Waals surface area contributed by atoms with Crippen molar-refractivity contribution in [1.29, 1.82) is 0 Å². The maximum atomic E-state index is 12.7. The van der Waals surface area contributed by atoms with Gasteiger partial charge in [0, 0.05) is 5.56 Å². The van der Waals surface area contributed by atoms with Crippen molar-refractivity contribution in [3.63, 3.8) is 0 Å². The van der Waals surface area contributed by atoms with E-state index in [0.717, 1.165) is 0 Å². The van der Waals surface area contributed by atoms with E-state index in [4.69, 9.17) is 5.11 Å². The van der Waals surface area contributed by atoms with Crippen LogP contribution in [0, 0.1) is 5.82 Å². The lowest BCUT2D eigenvalue weighted by Gasteiger charge is -2.02. The maximum Gasteiger partial charge on any atom is 0.129 e. The molecule has 0 saturated heterocycles. The first kappa shape index (κ1) is 8.14. The minimum atomic E-state index is -0.872. The zero-order valence-electron chi connectivity index (χ0n) is 5.85. The highest BCUT2D eigenvalue weighted by Gasteiger charge is 2.05. The number of aliphatic hydroxyl groups is 1. The summed E-state index contributed by atoms with van der Waals surface area (Å²) >= 11 is 0. The Morgan fingerprint density at radius 3 is 2.55 bits per heavy atom. The monoisotopic (exact) mass is 158 g/mol. The third-order valence-electron chi connectivity index (χ3n) is 1.52. The van der Waals surface area contributed by atoms with Crippen molar-refractivity contribution >= 4 is 0 Å². The number of hydrogen-bond acceptors (Lipinski definition) is 1. The third-order valence-corrected chi connectivity index (χ3v) is 1.52. The van der Waals surface area contributed by atoms with Crippen LogP contribution in [0.25, 0.3) is 0 Å². The number of rotatable bonds is 2. The van der Waals surface area contributed by atoms with E-state index >= 15 is 0 Å². The van der Waals surface area contributed by atoms with E-state index in [1.54, 1.807) is 0 Å². The quantitative estimate of drug-likeness (QED) is 0.695. The van der Waals surface area contributed by atoms with Gasteiger partial charge in [0.1, 0.15) is 12.5 Å². The summed E-state index contributed by atoms with van der Waals surface area (Å²) in [7, 11) is 0. The standard InChI is InChI=1S/C8H8F2O/c9-4-7-6(5-11)2-1-3-8(7)10/h1-3,11H,4-5H2. The molecule has 0 heterocycles. The molecule has 60 valence electrons. The first-order valence-electron chi connectivity index (χ1n) is 3.22. The lowest BCUT2D eigenvalue weighted by atomic mass is 10.1. The molecule has 1 N–H and O–H groups in total. The predicted octanol–water partition coefficient (Wildman–Crippen LogP) is 1.79. The fourth-order valence-electron chi connectivity index (χ4n) is 0.901. The van der Waals surface area contributed by atoms with Crippen molar-refractivity contribution < 1.29 is 13.9 Å². The average Bonchev–Trinajstić information content (AvgIpc) is 2.04. The molecule has 0 amide bonds. The minimum Gasteiger partial charge on any atom is -0.392 e. The van der Waals surface area contributed by atoms with Crippen molar-refractivity contribution in [3.8, 4) is 0 Å². The molecular formula is C8H8F2O. The minimum absolute atomic E-state index is 0.0463. The van der Waals surface area contributed by atoms with E-state index in [1.807, 2.05) is 0 Å². The largest absolute Gasteiger partial charge is 0.392 e. The fraction of sp³-hybridized carbons (Fsp3) is 0.250. The molecule has 0 spiro atoms. The third kappa shape index (κ3) is 1.54. The van der Waals surface area contributed by atoms with Crippen LogP contribution >= 0.6 is 0 Å². The van der Waals surface area contributed by atoms with Crippen LogP contribution in [0.5, 0.6) is 0 Å². The first-order chi connectivity index (χ1) is 5.29. The van der Waals surface area contributed by atoms with Gasteiger partial charge in [-0.1, -0.05) is 12.1 Å². The van der Waals surface area contributed by atoms with E-state index in [9.17, 15) is 8.78 Å². The zero-order valence-corrected chi connectivity index (χ0v) is 5.85. The van der Waals surface area contributed by atoms with E-state index in [0.29, 0.717) is 5.56 Å². The summed E-state index contributed by atoms with van der Waals surface area (Å²) < 4.78 is 24.8. The second-order valence-corrected chi connectivity index (χ2v) is 2.17. The Bertz CT molecular complexity index is 248. The molecule has 1 aromatic carbocycles. The molecule has 1 nitrogen and oxygen atoms in total. The molecule has 0 aliphatic heterocycles. The Hall–Kier alpha value is -0.960. The van der Waals surface area contributed by atoms with E-state index in [-0.39, 0.29) is 12.2 Å².